The maximum absolute atomic E-state index is 5.56. The van der Waals surface area contributed by atoms with E-state index in [4.69, 9.17) is 5.73 Å². The van der Waals surface area contributed by atoms with Crippen LogP contribution in [-0.2, 0) is 0 Å². The number of aromatic nitrogens is 2. The molecule has 5 heteroatoms. The second-order valence-corrected chi connectivity index (χ2v) is 4.83. The first-order chi connectivity index (χ1) is 7.20. The first-order valence-electron chi connectivity index (χ1n) is 5.19. The van der Waals surface area contributed by atoms with Crippen molar-refractivity contribution in [3.8, 4) is 0 Å². The number of nitrogens with two attached hydrogens (primary N) is 1. The SMILES string of the molecule is CC(CN)Nc1nc(C2CC2)ncc1Br. The Morgan fingerprint density at radius 2 is 2.40 bits per heavy atom. The molecule has 0 spiro atoms. The van der Waals surface area contributed by atoms with Crippen molar-refractivity contribution in [3.63, 3.8) is 0 Å². The molecule has 1 fully saturated rings. The topological polar surface area (TPSA) is 63.8 Å². The van der Waals surface area contributed by atoms with Crippen LogP contribution >= 0.6 is 15.9 Å². The zero-order chi connectivity index (χ0) is 10.8. The lowest BCUT2D eigenvalue weighted by atomic mass is 10.3. The number of halogens is 1. The number of anilines is 1. The van der Waals surface area contributed by atoms with Crippen LogP contribution in [0.2, 0.25) is 0 Å². The van der Waals surface area contributed by atoms with Gasteiger partial charge in [-0.05, 0) is 35.7 Å². The molecule has 1 atom stereocenters. The fraction of sp³-hybridized carbons (Fsp3) is 0.600. The standard InChI is InChI=1S/C10H15BrN4/c1-6(4-12)14-10-8(11)5-13-9(15-10)7-2-3-7/h5-7H,2-4,12H2,1H3,(H,13,14,15). The zero-order valence-electron chi connectivity index (χ0n) is 8.70. The average Bonchev–Trinajstić information content (AvgIpc) is 3.04. The summed E-state index contributed by atoms with van der Waals surface area (Å²) >= 11 is 3.43. The fourth-order valence-corrected chi connectivity index (χ4v) is 1.62. The first-order valence-corrected chi connectivity index (χ1v) is 5.99. The van der Waals surface area contributed by atoms with E-state index in [1.54, 1.807) is 0 Å². The number of nitrogens with one attached hydrogen (secondary N) is 1. The quantitative estimate of drug-likeness (QED) is 0.877. The summed E-state index contributed by atoms with van der Waals surface area (Å²) in [5, 5.41) is 3.26. The molecule has 82 valence electrons. The molecule has 1 aromatic rings. The van der Waals surface area contributed by atoms with E-state index in [-0.39, 0.29) is 6.04 Å². The van der Waals surface area contributed by atoms with E-state index in [2.05, 4.69) is 31.2 Å². The van der Waals surface area contributed by atoms with Crippen LogP contribution in [-0.4, -0.2) is 22.6 Å². The van der Waals surface area contributed by atoms with Gasteiger partial charge >= 0.3 is 0 Å². The van der Waals surface area contributed by atoms with Gasteiger partial charge in [0, 0.05) is 24.7 Å². The lowest BCUT2D eigenvalue weighted by molar-refractivity contribution is 0.790. The van der Waals surface area contributed by atoms with Crippen LogP contribution in [0.25, 0.3) is 0 Å². The Kier molecular flexibility index (Phi) is 3.21. The highest BCUT2D eigenvalue weighted by Crippen LogP contribution is 2.38. The van der Waals surface area contributed by atoms with Crippen LogP contribution in [0.3, 0.4) is 0 Å². The van der Waals surface area contributed by atoms with Gasteiger partial charge in [-0.25, -0.2) is 9.97 Å². The number of nitrogens with zero attached hydrogens (tertiary/aromatic N) is 2. The van der Waals surface area contributed by atoms with Crippen molar-refractivity contribution in [1.29, 1.82) is 0 Å². The Hall–Kier alpha value is -0.680. The van der Waals surface area contributed by atoms with Crippen molar-refractivity contribution in [2.45, 2.75) is 31.7 Å². The van der Waals surface area contributed by atoms with Crippen molar-refractivity contribution in [2.75, 3.05) is 11.9 Å². The molecule has 1 unspecified atom stereocenters. The molecule has 0 aliphatic heterocycles. The van der Waals surface area contributed by atoms with E-state index in [0.29, 0.717) is 12.5 Å². The minimum absolute atomic E-state index is 0.225. The number of rotatable bonds is 4. The summed E-state index contributed by atoms with van der Waals surface area (Å²) in [5.41, 5.74) is 5.56. The maximum Gasteiger partial charge on any atom is 0.144 e. The highest BCUT2D eigenvalue weighted by Gasteiger charge is 2.27. The van der Waals surface area contributed by atoms with E-state index in [1.165, 1.54) is 12.8 Å². The summed E-state index contributed by atoms with van der Waals surface area (Å²) in [6, 6.07) is 0.225. The zero-order valence-corrected chi connectivity index (χ0v) is 10.3. The molecule has 2 rings (SSSR count). The summed E-state index contributed by atoms with van der Waals surface area (Å²) in [5.74, 6) is 2.38. The van der Waals surface area contributed by atoms with Crippen LogP contribution in [0, 0.1) is 0 Å². The summed E-state index contributed by atoms with van der Waals surface area (Å²) in [7, 11) is 0. The van der Waals surface area contributed by atoms with Gasteiger partial charge in [0.05, 0.1) is 4.47 Å². The molecule has 1 aromatic heterocycles. The molecule has 0 saturated heterocycles. The molecule has 3 N–H and O–H groups in total. The van der Waals surface area contributed by atoms with E-state index >= 15 is 0 Å². The van der Waals surface area contributed by atoms with Crippen LogP contribution < -0.4 is 11.1 Å². The Labute approximate surface area is 97.8 Å². The molecular weight excluding hydrogens is 256 g/mol. The Bertz CT molecular complexity index is 351. The van der Waals surface area contributed by atoms with Gasteiger partial charge in [0.15, 0.2) is 0 Å². The van der Waals surface area contributed by atoms with E-state index in [9.17, 15) is 0 Å². The normalized spacial score (nSPS) is 17.5. The third-order valence-corrected chi connectivity index (χ3v) is 3.02. The van der Waals surface area contributed by atoms with Crippen molar-refractivity contribution in [1.82, 2.24) is 9.97 Å². The highest BCUT2D eigenvalue weighted by atomic mass is 79.9. The molecule has 1 aliphatic carbocycles. The van der Waals surface area contributed by atoms with Gasteiger partial charge in [-0.15, -0.1) is 0 Å². The lowest BCUT2D eigenvalue weighted by Gasteiger charge is -2.13. The molecule has 4 nitrogen and oxygen atoms in total. The minimum atomic E-state index is 0.225. The van der Waals surface area contributed by atoms with Crippen LogP contribution in [0.15, 0.2) is 10.7 Å². The second-order valence-electron chi connectivity index (χ2n) is 3.98. The molecule has 0 amide bonds. The molecule has 1 saturated carbocycles. The molecule has 1 heterocycles. The Morgan fingerprint density at radius 3 is 3.00 bits per heavy atom. The van der Waals surface area contributed by atoms with Gasteiger partial charge < -0.3 is 11.1 Å². The highest BCUT2D eigenvalue weighted by molar-refractivity contribution is 9.10. The van der Waals surface area contributed by atoms with E-state index in [1.807, 2.05) is 13.1 Å². The van der Waals surface area contributed by atoms with Gasteiger partial charge in [0.2, 0.25) is 0 Å². The number of hydrogen-bond donors (Lipinski definition) is 2. The van der Waals surface area contributed by atoms with E-state index in [0.717, 1.165) is 16.1 Å². The van der Waals surface area contributed by atoms with Crippen LogP contribution in [0.1, 0.15) is 31.5 Å². The molecule has 0 radical (unpaired) electrons. The molecule has 0 bridgehead atoms. The average molecular weight is 271 g/mol. The minimum Gasteiger partial charge on any atom is -0.365 e. The summed E-state index contributed by atoms with van der Waals surface area (Å²) in [6.45, 7) is 2.63. The Balaban J connectivity index is 2.16. The predicted octanol–water partition coefficient (Wildman–Crippen LogP) is 1.88. The summed E-state index contributed by atoms with van der Waals surface area (Å²) in [6.07, 6.45) is 4.24. The van der Waals surface area contributed by atoms with Crippen molar-refractivity contribution in [2.24, 2.45) is 5.73 Å². The first kappa shape index (κ1) is 10.8. The van der Waals surface area contributed by atoms with Crippen molar-refractivity contribution >= 4 is 21.7 Å². The maximum atomic E-state index is 5.56. The van der Waals surface area contributed by atoms with Crippen molar-refractivity contribution in [3.05, 3.63) is 16.5 Å². The van der Waals surface area contributed by atoms with Crippen LogP contribution in [0.4, 0.5) is 5.82 Å². The summed E-state index contributed by atoms with van der Waals surface area (Å²) in [4.78, 5) is 8.80. The monoisotopic (exact) mass is 270 g/mol. The van der Waals surface area contributed by atoms with Gasteiger partial charge in [0.25, 0.3) is 0 Å². The number of hydrogen-bond acceptors (Lipinski definition) is 4. The third kappa shape index (κ3) is 2.66. The van der Waals surface area contributed by atoms with Crippen molar-refractivity contribution < 1.29 is 0 Å². The Morgan fingerprint density at radius 1 is 1.67 bits per heavy atom. The lowest BCUT2D eigenvalue weighted by Crippen LogP contribution is -2.26. The van der Waals surface area contributed by atoms with Gasteiger partial charge in [0.1, 0.15) is 11.6 Å². The van der Waals surface area contributed by atoms with E-state index < -0.39 is 0 Å². The summed E-state index contributed by atoms with van der Waals surface area (Å²) < 4.78 is 0.896. The fourth-order valence-electron chi connectivity index (χ4n) is 1.31. The molecule has 1 aliphatic rings. The molecule has 0 aromatic carbocycles. The largest absolute Gasteiger partial charge is 0.365 e. The van der Waals surface area contributed by atoms with Gasteiger partial charge in [-0.1, -0.05) is 0 Å². The predicted molar refractivity (Wildman–Crippen MR) is 63.8 cm³/mol. The van der Waals surface area contributed by atoms with Gasteiger partial charge in [-0.3, -0.25) is 0 Å². The van der Waals surface area contributed by atoms with Gasteiger partial charge in [-0.2, -0.15) is 0 Å². The second kappa shape index (κ2) is 4.45. The third-order valence-electron chi connectivity index (χ3n) is 2.44. The molecular formula is C10H15BrN4. The smallest absolute Gasteiger partial charge is 0.144 e. The van der Waals surface area contributed by atoms with Crippen LogP contribution in [0.5, 0.6) is 0 Å². The molecule has 15 heavy (non-hydrogen) atoms.